The highest BCUT2D eigenvalue weighted by Crippen LogP contribution is 2.11. The molecule has 16 heavy (non-hydrogen) atoms. The van der Waals surface area contributed by atoms with E-state index in [0.717, 1.165) is 0 Å². The molecule has 84 valence electrons. The summed E-state index contributed by atoms with van der Waals surface area (Å²) >= 11 is 0. The molecule has 1 aromatic heterocycles. The third kappa shape index (κ3) is 2.67. The van der Waals surface area contributed by atoms with E-state index in [-0.39, 0.29) is 6.04 Å². The number of aromatic nitrogens is 2. The van der Waals surface area contributed by atoms with Gasteiger partial charge in [0.1, 0.15) is 0 Å². The van der Waals surface area contributed by atoms with Crippen LogP contribution in [0.3, 0.4) is 0 Å². The average molecular weight is 217 g/mol. The minimum absolute atomic E-state index is 0.272. The quantitative estimate of drug-likeness (QED) is 0.853. The lowest BCUT2D eigenvalue weighted by atomic mass is 10.1. The van der Waals surface area contributed by atoms with Crippen molar-refractivity contribution < 1.29 is 4.42 Å². The van der Waals surface area contributed by atoms with Crippen LogP contribution >= 0.6 is 0 Å². The molecule has 0 radical (unpaired) electrons. The average Bonchev–Trinajstić information content (AvgIpc) is 2.73. The molecule has 2 aromatic rings. The molecule has 1 N–H and O–H groups in total. The van der Waals surface area contributed by atoms with E-state index in [9.17, 15) is 0 Å². The van der Waals surface area contributed by atoms with Gasteiger partial charge in [0, 0.05) is 13.0 Å². The molecule has 2 rings (SSSR count). The fraction of sp³-hybridized carbons (Fsp3) is 0.333. The van der Waals surface area contributed by atoms with Crippen molar-refractivity contribution >= 4 is 0 Å². The highest BCUT2D eigenvalue weighted by atomic mass is 16.4. The number of benzene rings is 1. The standard InChI is InChI=1S/C12H15N3O/c1-9(11-6-4-3-5-7-11)13-8-12-15-14-10(2)16-12/h3-7,9,13H,8H2,1-2H3/t9-/m0/s1. The number of hydrogen-bond donors (Lipinski definition) is 1. The number of aryl methyl sites for hydroxylation is 1. The van der Waals surface area contributed by atoms with Crippen LogP contribution in [-0.2, 0) is 6.54 Å². The lowest BCUT2D eigenvalue weighted by Crippen LogP contribution is -2.18. The summed E-state index contributed by atoms with van der Waals surface area (Å²) in [5.74, 6) is 1.23. The van der Waals surface area contributed by atoms with Crippen LogP contribution in [0.25, 0.3) is 0 Å². The Hall–Kier alpha value is -1.68. The van der Waals surface area contributed by atoms with Crippen LogP contribution in [0.2, 0.25) is 0 Å². The molecule has 0 aliphatic heterocycles. The smallest absolute Gasteiger partial charge is 0.230 e. The molecular formula is C12H15N3O. The predicted octanol–water partition coefficient (Wildman–Crippen LogP) is 2.23. The molecule has 4 heteroatoms. The Morgan fingerprint density at radius 3 is 2.62 bits per heavy atom. The van der Waals surface area contributed by atoms with Gasteiger partial charge in [-0.05, 0) is 12.5 Å². The summed E-state index contributed by atoms with van der Waals surface area (Å²) in [5.41, 5.74) is 1.25. The zero-order chi connectivity index (χ0) is 11.4. The molecule has 1 aromatic carbocycles. The first-order chi connectivity index (χ1) is 7.75. The molecule has 0 aliphatic rings. The Bertz CT molecular complexity index is 439. The Labute approximate surface area is 94.7 Å². The molecule has 0 fully saturated rings. The van der Waals surface area contributed by atoms with E-state index in [1.807, 2.05) is 18.2 Å². The highest BCUT2D eigenvalue weighted by Gasteiger charge is 2.06. The van der Waals surface area contributed by atoms with E-state index in [1.54, 1.807) is 6.92 Å². The van der Waals surface area contributed by atoms with Crippen LogP contribution in [0.5, 0.6) is 0 Å². The minimum atomic E-state index is 0.272. The van der Waals surface area contributed by atoms with E-state index in [4.69, 9.17) is 4.42 Å². The Kier molecular flexibility index (Phi) is 3.31. The first-order valence-electron chi connectivity index (χ1n) is 5.33. The molecule has 0 aliphatic carbocycles. The van der Waals surface area contributed by atoms with Crippen molar-refractivity contribution in [1.82, 2.24) is 15.5 Å². The number of nitrogens with zero attached hydrogens (tertiary/aromatic N) is 2. The summed E-state index contributed by atoms with van der Waals surface area (Å²) in [4.78, 5) is 0. The van der Waals surface area contributed by atoms with Crippen molar-refractivity contribution in [2.24, 2.45) is 0 Å². The summed E-state index contributed by atoms with van der Waals surface area (Å²) in [5, 5.41) is 11.0. The van der Waals surface area contributed by atoms with Gasteiger partial charge in [-0.3, -0.25) is 0 Å². The van der Waals surface area contributed by atoms with Crippen LogP contribution in [0.15, 0.2) is 34.7 Å². The second kappa shape index (κ2) is 4.90. The Morgan fingerprint density at radius 2 is 2.00 bits per heavy atom. The minimum Gasteiger partial charge on any atom is -0.424 e. The van der Waals surface area contributed by atoms with Crippen molar-refractivity contribution in [3.63, 3.8) is 0 Å². The molecule has 1 heterocycles. The van der Waals surface area contributed by atoms with E-state index >= 15 is 0 Å². The summed E-state index contributed by atoms with van der Waals surface area (Å²) in [6.45, 7) is 4.49. The van der Waals surface area contributed by atoms with E-state index < -0.39 is 0 Å². The van der Waals surface area contributed by atoms with Gasteiger partial charge in [0.15, 0.2) is 0 Å². The maximum atomic E-state index is 5.29. The molecule has 0 unspecified atom stereocenters. The van der Waals surface area contributed by atoms with Gasteiger partial charge in [-0.1, -0.05) is 30.3 Å². The van der Waals surface area contributed by atoms with E-state index in [0.29, 0.717) is 18.3 Å². The highest BCUT2D eigenvalue weighted by molar-refractivity contribution is 5.17. The van der Waals surface area contributed by atoms with Gasteiger partial charge < -0.3 is 9.73 Å². The normalized spacial score (nSPS) is 12.6. The van der Waals surface area contributed by atoms with Gasteiger partial charge in [-0.25, -0.2) is 0 Å². The summed E-state index contributed by atoms with van der Waals surface area (Å²) in [7, 11) is 0. The van der Waals surface area contributed by atoms with Gasteiger partial charge in [-0.15, -0.1) is 10.2 Å². The summed E-state index contributed by atoms with van der Waals surface area (Å²) in [6.07, 6.45) is 0. The first kappa shape index (κ1) is 10.8. The largest absolute Gasteiger partial charge is 0.424 e. The number of hydrogen-bond acceptors (Lipinski definition) is 4. The van der Waals surface area contributed by atoms with Gasteiger partial charge in [-0.2, -0.15) is 0 Å². The molecule has 0 amide bonds. The van der Waals surface area contributed by atoms with Gasteiger partial charge in [0.05, 0.1) is 6.54 Å². The molecule has 0 saturated carbocycles. The van der Waals surface area contributed by atoms with E-state index in [2.05, 4.69) is 34.6 Å². The zero-order valence-electron chi connectivity index (χ0n) is 9.47. The third-order valence-corrected chi connectivity index (χ3v) is 2.43. The lowest BCUT2D eigenvalue weighted by molar-refractivity contribution is 0.430. The van der Waals surface area contributed by atoms with Crippen molar-refractivity contribution in [1.29, 1.82) is 0 Å². The van der Waals surface area contributed by atoms with Crippen molar-refractivity contribution in [2.75, 3.05) is 0 Å². The van der Waals surface area contributed by atoms with Crippen LogP contribution < -0.4 is 5.32 Å². The fourth-order valence-electron chi connectivity index (χ4n) is 1.51. The van der Waals surface area contributed by atoms with Gasteiger partial charge >= 0.3 is 0 Å². The third-order valence-electron chi connectivity index (χ3n) is 2.43. The maximum Gasteiger partial charge on any atom is 0.230 e. The van der Waals surface area contributed by atoms with Gasteiger partial charge in [0.2, 0.25) is 11.8 Å². The summed E-state index contributed by atoms with van der Waals surface area (Å²) < 4.78 is 5.29. The van der Waals surface area contributed by atoms with Crippen LogP contribution in [0.1, 0.15) is 30.3 Å². The lowest BCUT2D eigenvalue weighted by Gasteiger charge is -2.12. The molecule has 4 nitrogen and oxygen atoms in total. The van der Waals surface area contributed by atoms with Crippen LogP contribution in [-0.4, -0.2) is 10.2 Å². The zero-order valence-corrected chi connectivity index (χ0v) is 9.47. The SMILES string of the molecule is Cc1nnc(CN[C@@H](C)c2ccccc2)o1. The van der Waals surface area contributed by atoms with Crippen LogP contribution in [0, 0.1) is 6.92 Å². The molecule has 0 spiro atoms. The maximum absolute atomic E-state index is 5.29. The molecule has 1 atom stereocenters. The molecule has 0 saturated heterocycles. The topological polar surface area (TPSA) is 51.0 Å². The Morgan fingerprint density at radius 1 is 1.25 bits per heavy atom. The molecular weight excluding hydrogens is 202 g/mol. The predicted molar refractivity (Wildman–Crippen MR) is 60.7 cm³/mol. The monoisotopic (exact) mass is 217 g/mol. The summed E-state index contributed by atoms with van der Waals surface area (Å²) in [6, 6.07) is 10.5. The number of nitrogens with one attached hydrogen (secondary N) is 1. The van der Waals surface area contributed by atoms with Crippen molar-refractivity contribution in [3.05, 3.63) is 47.7 Å². The molecule has 0 bridgehead atoms. The second-order valence-corrected chi connectivity index (χ2v) is 3.73. The second-order valence-electron chi connectivity index (χ2n) is 3.73. The number of rotatable bonds is 4. The van der Waals surface area contributed by atoms with E-state index in [1.165, 1.54) is 5.56 Å². The Balaban J connectivity index is 1.91. The van der Waals surface area contributed by atoms with Crippen LogP contribution in [0.4, 0.5) is 0 Å². The van der Waals surface area contributed by atoms with Crippen molar-refractivity contribution in [3.8, 4) is 0 Å². The van der Waals surface area contributed by atoms with Crippen molar-refractivity contribution in [2.45, 2.75) is 26.4 Å². The first-order valence-corrected chi connectivity index (χ1v) is 5.33. The van der Waals surface area contributed by atoms with Gasteiger partial charge in [0.25, 0.3) is 0 Å². The fourth-order valence-corrected chi connectivity index (χ4v) is 1.51.